The van der Waals surface area contributed by atoms with E-state index in [1.807, 2.05) is 12.1 Å². The Kier molecular flexibility index (Phi) is 5.30. The number of aliphatic hydroxyl groups is 1. The van der Waals surface area contributed by atoms with Gasteiger partial charge in [0, 0.05) is 18.5 Å². The Morgan fingerprint density at radius 1 is 1.18 bits per heavy atom. The minimum atomic E-state index is -0.917. The second-order valence-electron chi connectivity index (χ2n) is 8.17. The van der Waals surface area contributed by atoms with Gasteiger partial charge in [-0.05, 0) is 42.7 Å². The zero-order valence-electron chi connectivity index (χ0n) is 18.0. The molecule has 8 nitrogen and oxygen atoms in total. The van der Waals surface area contributed by atoms with Gasteiger partial charge in [0.25, 0.3) is 5.91 Å². The highest BCUT2D eigenvalue weighted by atomic mass is 16.5. The van der Waals surface area contributed by atoms with Crippen molar-refractivity contribution in [2.75, 3.05) is 20.3 Å². The topological polar surface area (TPSA) is 109 Å². The highest BCUT2D eigenvalue weighted by molar-refractivity contribution is 6.16. The van der Waals surface area contributed by atoms with Crippen LogP contribution in [-0.2, 0) is 9.53 Å². The van der Waals surface area contributed by atoms with E-state index in [2.05, 4.69) is 0 Å². The van der Waals surface area contributed by atoms with Crippen LogP contribution in [0.3, 0.4) is 0 Å². The number of methoxy groups -OCH3 is 1. The molecule has 0 aliphatic carbocycles. The third-order valence-corrected chi connectivity index (χ3v) is 6.14. The SMILES string of the molecule is COc1ccc(C2C(C(=O)c3cc4ccccc4o3)=C(O)C(=O)N2CC2CCCO2)cc1O. The van der Waals surface area contributed by atoms with E-state index in [-0.39, 0.29) is 35.5 Å². The number of aliphatic hydroxyl groups excluding tert-OH is 1. The summed E-state index contributed by atoms with van der Waals surface area (Å²) < 4.78 is 16.5. The fourth-order valence-electron chi connectivity index (χ4n) is 4.53. The number of nitrogens with zero attached hydrogens (tertiary/aromatic N) is 1. The molecule has 0 saturated carbocycles. The number of furan rings is 1. The van der Waals surface area contributed by atoms with Crippen molar-refractivity contribution in [2.45, 2.75) is 25.0 Å². The third kappa shape index (κ3) is 3.62. The molecule has 2 N–H and O–H groups in total. The average molecular weight is 449 g/mol. The fraction of sp³-hybridized carbons (Fsp3) is 0.280. The van der Waals surface area contributed by atoms with Crippen LogP contribution in [0.1, 0.15) is 35.0 Å². The van der Waals surface area contributed by atoms with Crippen LogP contribution >= 0.6 is 0 Å². The minimum absolute atomic E-state index is 0.0206. The summed E-state index contributed by atoms with van der Waals surface area (Å²) >= 11 is 0. The molecule has 2 aromatic carbocycles. The summed E-state index contributed by atoms with van der Waals surface area (Å²) in [7, 11) is 1.43. The molecule has 1 amide bonds. The summed E-state index contributed by atoms with van der Waals surface area (Å²) in [5.74, 6) is -1.74. The number of phenols is 1. The number of fused-ring (bicyclic) bond motifs is 1. The molecule has 1 saturated heterocycles. The number of phenolic OH excluding ortho intramolecular Hbond substituents is 1. The van der Waals surface area contributed by atoms with Crippen LogP contribution in [0.2, 0.25) is 0 Å². The lowest BCUT2D eigenvalue weighted by Crippen LogP contribution is -2.37. The summed E-state index contributed by atoms with van der Waals surface area (Å²) in [4.78, 5) is 28.1. The Hall–Kier alpha value is -3.78. The van der Waals surface area contributed by atoms with Gasteiger partial charge in [0.05, 0.1) is 24.8 Å². The van der Waals surface area contributed by atoms with Gasteiger partial charge in [-0.2, -0.15) is 0 Å². The van der Waals surface area contributed by atoms with E-state index < -0.39 is 23.5 Å². The second-order valence-corrected chi connectivity index (χ2v) is 8.17. The number of benzene rings is 2. The molecule has 3 aromatic rings. The number of para-hydroxylation sites is 1. The van der Waals surface area contributed by atoms with Crippen molar-refractivity contribution < 1.29 is 33.7 Å². The number of aromatic hydroxyl groups is 1. The maximum atomic E-state index is 13.5. The monoisotopic (exact) mass is 449 g/mol. The van der Waals surface area contributed by atoms with Crippen LogP contribution in [-0.4, -0.2) is 53.2 Å². The molecule has 8 heteroatoms. The highest BCUT2D eigenvalue weighted by Gasteiger charge is 2.45. The van der Waals surface area contributed by atoms with Crippen LogP contribution in [0.4, 0.5) is 0 Å². The van der Waals surface area contributed by atoms with Gasteiger partial charge in [0.2, 0.25) is 5.78 Å². The molecular weight excluding hydrogens is 426 g/mol. The van der Waals surface area contributed by atoms with Gasteiger partial charge in [0.15, 0.2) is 23.0 Å². The third-order valence-electron chi connectivity index (χ3n) is 6.14. The van der Waals surface area contributed by atoms with Gasteiger partial charge >= 0.3 is 0 Å². The standard InChI is InChI=1S/C25H23NO7/c1-31-19-9-8-15(11-17(19)27)22-21(23(28)20-12-14-5-2-3-7-18(14)33-20)24(29)25(30)26(22)13-16-6-4-10-32-16/h2-3,5,7-9,11-12,16,22,27,29H,4,6,10,13H2,1H3. The number of ketones is 1. The molecule has 5 rings (SSSR count). The number of amides is 1. The Labute approximate surface area is 189 Å². The summed E-state index contributed by atoms with van der Waals surface area (Å²) in [5.41, 5.74) is 0.893. The lowest BCUT2D eigenvalue weighted by Gasteiger charge is -2.29. The Morgan fingerprint density at radius 3 is 2.70 bits per heavy atom. The van der Waals surface area contributed by atoms with E-state index in [4.69, 9.17) is 13.9 Å². The molecule has 33 heavy (non-hydrogen) atoms. The van der Waals surface area contributed by atoms with E-state index in [9.17, 15) is 19.8 Å². The normalized spacial score (nSPS) is 20.8. The summed E-state index contributed by atoms with van der Waals surface area (Å²) in [5, 5.41) is 21.9. The van der Waals surface area contributed by atoms with Crippen molar-refractivity contribution in [2.24, 2.45) is 0 Å². The minimum Gasteiger partial charge on any atom is -0.504 e. The van der Waals surface area contributed by atoms with Gasteiger partial charge in [-0.25, -0.2) is 0 Å². The van der Waals surface area contributed by atoms with Gasteiger partial charge in [-0.3, -0.25) is 9.59 Å². The average Bonchev–Trinajstić information content (AvgIpc) is 3.54. The van der Waals surface area contributed by atoms with Gasteiger partial charge in [-0.15, -0.1) is 0 Å². The van der Waals surface area contributed by atoms with Crippen molar-refractivity contribution >= 4 is 22.7 Å². The molecule has 0 radical (unpaired) electrons. The van der Waals surface area contributed by atoms with Crippen LogP contribution in [0, 0.1) is 0 Å². The number of Topliss-reactive ketones (excluding diaryl/α,β-unsaturated/α-hetero) is 1. The predicted octanol–water partition coefficient (Wildman–Crippen LogP) is 3.90. The number of hydrogen-bond donors (Lipinski definition) is 2. The van der Waals surface area contributed by atoms with Crippen LogP contribution in [0.15, 0.2) is 64.3 Å². The lowest BCUT2D eigenvalue weighted by molar-refractivity contribution is -0.131. The van der Waals surface area contributed by atoms with E-state index in [0.29, 0.717) is 17.8 Å². The van der Waals surface area contributed by atoms with Crippen LogP contribution < -0.4 is 4.74 Å². The summed E-state index contributed by atoms with van der Waals surface area (Å²) in [6.07, 6.45) is 1.46. The molecule has 2 aliphatic rings. The van der Waals surface area contributed by atoms with Crippen molar-refractivity contribution in [3.63, 3.8) is 0 Å². The first-order valence-corrected chi connectivity index (χ1v) is 10.7. The Bertz CT molecular complexity index is 1240. The molecule has 0 bridgehead atoms. The summed E-state index contributed by atoms with van der Waals surface area (Å²) in [6, 6.07) is 12.5. The van der Waals surface area contributed by atoms with Crippen molar-refractivity contribution in [3.8, 4) is 11.5 Å². The molecule has 0 spiro atoms. The molecule has 170 valence electrons. The first-order chi connectivity index (χ1) is 16.0. The van der Waals surface area contributed by atoms with Crippen molar-refractivity contribution in [1.82, 2.24) is 4.90 Å². The van der Waals surface area contributed by atoms with E-state index in [1.54, 1.807) is 30.3 Å². The molecule has 3 heterocycles. The van der Waals surface area contributed by atoms with Crippen molar-refractivity contribution in [3.05, 3.63) is 71.2 Å². The highest BCUT2D eigenvalue weighted by Crippen LogP contribution is 2.42. The first-order valence-electron chi connectivity index (χ1n) is 10.7. The molecule has 2 unspecified atom stereocenters. The van der Waals surface area contributed by atoms with Gasteiger partial charge in [0.1, 0.15) is 5.58 Å². The quantitative estimate of drug-likeness (QED) is 0.549. The van der Waals surface area contributed by atoms with E-state index in [1.165, 1.54) is 18.1 Å². The predicted molar refractivity (Wildman–Crippen MR) is 118 cm³/mol. The molecular formula is C25H23NO7. The van der Waals surface area contributed by atoms with Crippen molar-refractivity contribution in [1.29, 1.82) is 0 Å². The second kappa shape index (κ2) is 8.29. The van der Waals surface area contributed by atoms with E-state index in [0.717, 1.165) is 18.2 Å². The van der Waals surface area contributed by atoms with Crippen LogP contribution in [0.5, 0.6) is 11.5 Å². The lowest BCUT2D eigenvalue weighted by atomic mass is 9.94. The maximum absolute atomic E-state index is 13.5. The zero-order chi connectivity index (χ0) is 23.1. The number of carbonyl (C=O) groups is 2. The molecule has 1 aromatic heterocycles. The number of hydrogen-bond acceptors (Lipinski definition) is 7. The number of ether oxygens (including phenoxy) is 2. The zero-order valence-corrected chi connectivity index (χ0v) is 18.0. The molecule has 2 aliphatic heterocycles. The smallest absolute Gasteiger partial charge is 0.290 e. The Morgan fingerprint density at radius 2 is 2.00 bits per heavy atom. The van der Waals surface area contributed by atoms with Crippen LogP contribution in [0.25, 0.3) is 11.0 Å². The fourth-order valence-corrected chi connectivity index (χ4v) is 4.53. The molecule has 2 atom stereocenters. The van der Waals surface area contributed by atoms with E-state index >= 15 is 0 Å². The number of rotatable bonds is 6. The maximum Gasteiger partial charge on any atom is 0.290 e. The number of carbonyl (C=O) groups excluding carboxylic acids is 2. The summed E-state index contributed by atoms with van der Waals surface area (Å²) in [6.45, 7) is 0.808. The first kappa shape index (κ1) is 21.1. The Balaban J connectivity index is 1.59. The molecule has 1 fully saturated rings. The van der Waals surface area contributed by atoms with Gasteiger partial charge < -0.3 is 29.0 Å². The largest absolute Gasteiger partial charge is 0.504 e. The van der Waals surface area contributed by atoms with Gasteiger partial charge in [-0.1, -0.05) is 24.3 Å².